The van der Waals surface area contributed by atoms with Crippen molar-refractivity contribution in [2.75, 3.05) is 0 Å². The SMILES string of the molecule is Cc1c[c]c(Cl)c(Br)c1. The molecule has 1 aromatic carbocycles. The fraction of sp³-hybridized carbons (Fsp3) is 0.143. The van der Waals surface area contributed by atoms with Gasteiger partial charge in [-0.05, 0) is 40.5 Å². The second-order valence-electron chi connectivity index (χ2n) is 1.84. The van der Waals surface area contributed by atoms with E-state index in [1.807, 2.05) is 19.1 Å². The van der Waals surface area contributed by atoms with Gasteiger partial charge in [0, 0.05) is 10.5 Å². The lowest BCUT2D eigenvalue weighted by molar-refractivity contribution is 1.45. The van der Waals surface area contributed by atoms with Crippen LogP contribution < -0.4 is 0 Å². The topological polar surface area (TPSA) is 0 Å². The monoisotopic (exact) mass is 203 g/mol. The van der Waals surface area contributed by atoms with Crippen LogP contribution in [0.5, 0.6) is 0 Å². The maximum absolute atomic E-state index is 5.68. The average Bonchev–Trinajstić information content (AvgIpc) is 1.80. The van der Waals surface area contributed by atoms with E-state index < -0.39 is 0 Å². The average molecular weight is 204 g/mol. The van der Waals surface area contributed by atoms with E-state index in [2.05, 4.69) is 22.0 Å². The first-order chi connectivity index (χ1) is 4.20. The zero-order valence-electron chi connectivity index (χ0n) is 4.91. The molecule has 0 spiro atoms. The molecule has 0 heterocycles. The predicted molar refractivity (Wildman–Crippen MR) is 42.7 cm³/mol. The molecule has 0 unspecified atom stereocenters. The second-order valence-corrected chi connectivity index (χ2v) is 3.07. The maximum Gasteiger partial charge on any atom is 0.0627 e. The van der Waals surface area contributed by atoms with Crippen LogP contribution >= 0.6 is 27.5 Å². The summed E-state index contributed by atoms with van der Waals surface area (Å²) in [6.07, 6.45) is 0. The highest BCUT2D eigenvalue weighted by Gasteiger charge is 1.93. The van der Waals surface area contributed by atoms with Crippen LogP contribution in [0.1, 0.15) is 5.56 Å². The molecule has 1 aromatic rings. The quantitative estimate of drug-likeness (QED) is 0.609. The van der Waals surface area contributed by atoms with Gasteiger partial charge in [0.15, 0.2) is 0 Å². The van der Waals surface area contributed by atoms with Gasteiger partial charge in [-0.2, -0.15) is 0 Å². The Balaban J connectivity index is 3.17. The van der Waals surface area contributed by atoms with Gasteiger partial charge in [-0.1, -0.05) is 11.6 Å². The van der Waals surface area contributed by atoms with Gasteiger partial charge in [-0.25, -0.2) is 0 Å². The molecule has 0 saturated heterocycles. The Morgan fingerprint density at radius 2 is 2.33 bits per heavy atom. The third kappa shape index (κ3) is 1.70. The Morgan fingerprint density at radius 1 is 1.67 bits per heavy atom. The molecule has 0 aliphatic heterocycles. The summed E-state index contributed by atoms with van der Waals surface area (Å²) >= 11 is 8.96. The van der Waals surface area contributed by atoms with Crippen LogP contribution in [-0.4, -0.2) is 0 Å². The molecule has 1 radical (unpaired) electrons. The Morgan fingerprint density at radius 3 is 2.78 bits per heavy atom. The van der Waals surface area contributed by atoms with Crippen molar-refractivity contribution < 1.29 is 0 Å². The van der Waals surface area contributed by atoms with E-state index in [1.54, 1.807) is 0 Å². The van der Waals surface area contributed by atoms with Crippen LogP contribution in [0.3, 0.4) is 0 Å². The Bertz CT molecular complexity index is 220. The number of hydrogen-bond donors (Lipinski definition) is 0. The molecule has 0 amide bonds. The summed E-state index contributed by atoms with van der Waals surface area (Å²) in [4.78, 5) is 0. The van der Waals surface area contributed by atoms with Crippen molar-refractivity contribution in [2.24, 2.45) is 0 Å². The molecule has 9 heavy (non-hydrogen) atoms. The van der Waals surface area contributed by atoms with Crippen molar-refractivity contribution >= 4 is 27.5 Å². The number of rotatable bonds is 0. The lowest BCUT2D eigenvalue weighted by Gasteiger charge is -1.94. The largest absolute Gasteiger partial charge is 0.0824 e. The zero-order valence-corrected chi connectivity index (χ0v) is 7.25. The normalized spacial score (nSPS) is 9.67. The first-order valence-electron chi connectivity index (χ1n) is 2.53. The van der Waals surface area contributed by atoms with Gasteiger partial charge in [0.2, 0.25) is 0 Å². The minimum absolute atomic E-state index is 0.639. The van der Waals surface area contributed by atoms with Crippen molar-refractivity contribution in [3.63, 3.8) is 0 Å². The van der Waals surface area contributed by atoms with Gasteiger partial charge in [-0.3, -0.25) is 0 Å². The van der Waals surface area contributed by atoms with E-state index in [1.165, 1.54) is 0 Å². The Kier molecular flexibility index (Phi) is 2.14. The molecular formula is C7H5BrCl. The third-order valence-electron chi connectivity index (χ3n) is 0.991. The number of benzene rings is 1. The molecular weight excluding hydrogens is 199 g/mol. The fourth-order valence-electron chi connectivity index (χ4n) is 0.551. The molecule has 0 fully saturated rings. The van der Waals surface area contributed by atoms with Crippen molar-refractivity contribution in [3.05, 3.63) is 33.3 Å². The van der Waals surface area contributed by atoms with Crippen LogP contribution in [0.25, 0.3) is 0 Å². The summed E-state index contributed by atoms with van der Waals surface area (Å²) in [6, 6.07) is 6.70. The van der Waals surface area contributed by atoms with E-state index in [9.17, 15) is 0 Å². The predicted octanol–water partition coefficient (Wildman–Crippen LogP) is 3.21. The summed E-state index contributed by atoms with van der Waals surface area (Å²) in [5.41, 5.74) is 1.16. The van der Waals surface area contributed by atoms with Crippen LogP contribution in [-0.2, 0) is 0 Å². The molecule has 47 valence electrons. The van der Waals surface area contributed by atoms with Gasteiger partial charge >= 0.3 is 0 Å². The van der Waals surface area contributed by atoms with E-state index in [0.29, 0.717) is 5.02 Å². The lowest BCUT2D eigenvalue weighted by atomic mass is 10.2. The Hall–Kier alpha value is -0.0100. The molecule has 0 aliphatic rings. The van der Waals surface area contributed by atoms with E-state index in [4.69, 9.17) is 11.6 Å². The third-order valence-corrected chi connectivity index (χ3v) is 2.16. The maximum atomic E-state index is 5.68. The molecule has 0 aromatic heterocycles. The fourth-order valence-corrected chi connectivity index (χ4v) is 1.14. The van der Waals surface area contributed by atoms with Crippen LogP contribution in [0.4, 0.5) is 0 Å². The summed E-state index contributed by atoms with van der Waals surface area (Å²) in [5, 5.41) is 0.639. The first kappa shape index (κ1) is 7.10. The molecule has 1 rings (SSSR count). The lowest BCUT2D eigenvalue weighted by Crippen LogP contribution is -1.72. The van der Waals surface area contributed by atoms with E-state index in [-0.39, 0.29) is 0 Å². The van der Waals surface area contributed by atoms with Gasteiger partial charge in [-0.15, -0.1) is 0 Å². The molecule has 0 nitrogen and oxygen atoms in total. The molecule has 0 saturated carbocycles. The molecule has 0 N–H and O–H groups in total. The molecule has 0 bridgehead atoms. The van der Waals surface area contributed by atoms with E-state index in [0.717, 1.165) is 10.0 Å². The minimum atomic E-state index is 0.639. The second kappa shape index (κ2) is 2.72. The highest BCUT2D eigenvalue weighted by atomic mass is 79.9. The summed E-state index contributed by atoms with van der Waals surface area (Å²) in [5.74, 6) is 0. The smallest absolute Gasteiger partial charge is 0.0627 e. The standard InChI is InChI=1S/C7H5BrCl/c1-5-2-3-7(9)6(8)4-5/h2,4H,1H3. The van der Waals surface area contributed by atoms with Crippen molar-refractivity contribution in [3.8, 4) is 0 Å². The van der Waals surface area contributed by atoms with Crippen molar-refractivity contribution in [2.45, 2.75) is 6.92 Å². The van der Waals surface area contributed by atoms with E-state index >= 15 is 0 Å². The van der Waals surface area contributed by atoms with Crippen LogP contribution in [0.2, 0.25) is 5.02 Å². The number of aryl methyl sites for hydroxylation is 1. The van der Waals surface area contributed by atoms with Gasteiger partial charge < -0.3 is 0 Å². The summed E-state index contributed by atoms with van der Waals surface area (Å²) < 4.78 is 0.907. The molecule has 0 aliphatic carbocycles. The van der Waals surface area contributed by atoms with Crippen LogP contribution in [0.15, 0.2) is 16.6 Å². The number of halogens is 2. The highest BCUT2D eigenvalue weighted by Crippen LogP contribution is 2.21. The van der Waals surface area contributed by atoms with Gasteiger partial charge in [0.1, 0.15) is 0 Å². The van der Waals surface area contributed by atoms with Gasteiger partial charge in [0.25, 0.3) is 0 Å². The molecule has 2 heteroatoms. The van der Waals surface area contributed by atoms with Crippen LogP contribution in [0, 0.1) is 13.0 Å². The summed E-state index contributed by atoms with van der Waals surface area (Å²) in [7, 11) is 0. The zero-order chi connectivity index (χ0) is 6.85. The highest BCUT2D eigenvalue weighted by molar-refractivity contribution is 9.10. The summed E-state index contributed by atoms with van der Waals surface area (Å²) in [6.45, 7) is 2.00. The first-order valence-corrected chi connectivity index (χ1v) is 3.70. The van der Waals surface area contributed by atoms with Crippen molar-refractivity contribution in [1.82, 2.24) is 0 Å². The van der Waals surface area contributed by atoms with Crippen molar-refractivity contribution in [1.29, 1.82) is 0 Å². The van der Waals surface area contributed by atoms with Gasteiger partial charge in [0.05, 0.1) is 5.02 Å². The minimum Gasteiger partial charge on any atom is -0.0824 e. The molecule has 0 atom stereocenters. The number of hydrogen-bond acceptors (Lipinski definition) is 0. The Labute approximate surface area is 68.0 Å².